The Bertz CT molecular complexity index is 1510. The first-order valence-electron chi connectivity index (χ1n) is 12.7. The Hall–Kier alpha value is -3.39. The van der Waals surface area contributed by atoms with Gasteiger partial charge in [-0.2, -0.15) is 0 Å². The van der Waals surface area contributed by atoms with Gasteiger partial charge in [0, 0.05) is 18.7 Å². The molecule has 2 aromatic heterocycles. The van der Waals surface area contributed by atoms with Gasteiger partial charge in [0.15, 0.2) is 0 Å². The first-order valence-corrected chi connectivity index (χ1v) is 12.7. The van der Waals surface area contributed by atoms with Gasteiger partial charge in [-0.3, -0.25) is 24.3 Å². The van der Waals surface area contributed by atoms with Crippen LogP contribution in [0.4, 0.5) is 0 Å². The topological polar surface area (TPSA) is 96.0 Å². The molecule has 2 aromatic carbocycles. The lowest BCUT2D eigenvalue weighted by Gasteiger charge is -2.27. The number of nitrogens with one attached hydrogen (secondary N) is 2. The molecule has 0 saturated carbocycles. The van der Waals surface area contributed by atoms with Crippen LogP contribution in [-0.4, -0.2) is 43.8 Å². The summed E-state index contributed by atoms with van der Waals surface area (Å²) in [4.78, 5) is 36.6. The highest BCUT2D eigenvalue weighted by atomic mass is 16.5. The van der Waals surface area contributed by atoms with Crippen LogP contribution in [0, 0.1) is 0 Å². The molecule has 8 heteroatoms. The van der Waals surface area contributed by atoms with Gasteiger partial charge >= 0.3 is 0 Å². The standard InChI is InChI=1S/C27H31N5O3/c1-17-8-3-6-13-32-27(34)20-10-7-9-19(23(20)30-32)24-26(33)28-21-14-18(15-22(35-17)25(21)29-24)16-31-11-4-2-5-12-31/h7,9-10,14-15,17,30H,2-6,8,11-13,16H2,1H3,(H,28,33)/t17-/m1/s1. The lowest BCUT2D eigenvalue weighted by atomic mass is 10.1. The minimum absolute atomic E-state index is 0.0117. The molecule has 8 nitrogen and oxygen atoms in total. The summed E-state index contributed by atoms with van der Waals surface area (Å²) in [6, 6.07) is 9.56. The summed E-state index contributed by atoms with van der Waals surface area (Å²) >= 11 is 0. The Kier molecular flexibility index (Phi) is 5.68. The molecule has 0 unspecified atom stereocenters. The van der Waals surface area contributed by atoms with Crippen LogP contribution in [0.25, 0.3) is 33.2 Å². The van der Waals surface area contributed by atoms with E-state index in [4.69, 9.17) is 9.72 Å². The molecule has 6 rings (SSSR count). The Labute approximate surface area is 202 Å². The second-order valence-corrected chi connectivity index (χ2v) is 9.96. The van der Waals surface area contributed by atoms with Crippen LogP contribution in [0.5, 0.6) is 5.75 Å². The first kappa shape index (κ1) is 22.1. The zero-order valence-corrected chi connectivity index (χ0v) is 20.1. The average Bonchev–Trinajstić information content (AvgIpc) is 3.17. The summed E-state index contributed by atoms with van der Waals surface area (Å²) in [5, 5.41) is 3.81. The second-order valence-electron chi connectivity index (χ2n) is 9.96. The Balaban J connectivity index is 1.54. The highest BCUT2D eigenvalue weighted by Crippen LogP contribution is 2.30. The number of ether oxygens (including phenoxy) is 1. The van der Waals surface area contributed by atoms with E-state index in [9.17, 15) is 9.59 Å². The highest BCUT2D eigenvalue weighted by molar-refractivity contribution is 5.93. The molecule has 1 fully saturated rings. The van der Waals surface area contributed by atoms with Gasteiger partial charge in [-0.1, -0.05) is 18.6 Å². The molecule has 35 heavy (non-hydrogen) atoms. The fraction of sp³-hybridized carbons (Fsp3) is 0.444. The van der Waals surface area contributed by atoms with Crippen LogP contribution in [0.1, 0.15) is 51.0 Å². The number of hydrogen-bond acceptors (Lipinski definition) is 5. The van der Waals surface area contributed by atoms with Crippen molar-refractivity contribution in [2.24, 2.45) is 0 Å². The van der Waals surface area contributed by atoms with Gasteiger partial charge in [-0.25, -0.2) is 4.98 Å². The number of rotatable bonds is 2. The quantitative estimate of drug-likeness (QED) is 0.456. The second kappa shape index (κ2) is 9.00. The maximum Gasteiger partial charge on any atom is 0.275 e. The van der Waals surface area contributed by atoms with Crippen LogP contribution in [0.3, 0.4) is 0 Å². The van der Waals surface area contributed by atoms with E-state index < -0.39 is 0 Å². The Morgan fingerprint density at radius 2 is 1.89 bits per heavy atom. The zero-order valence-electron chi connectivity index (χ0n) is 20.1. The lowest BCUT2D eigenvalue weighted by Crippen LogP contribution is -2.29. The molecule has 1 atom stereocenters. The van der Waals surface area contributed by atoms with Crippen LogP contribution in [0.15, 0.2) is 39.9 Å². The summed E-state index contributed by atoms with van der Waals surface area (Å²) in [5.74, 6) is 0.704. The van der Waals surface area contributed by atoms with Crippen molar-refractivity contribution in [3.8, 4) is 17.0 Å². The van der Waals surface area contributed by atoms with Crippen molar-refractivity contribution in [2.75, 3.05) is 13.1 Å². The van der Waals surface area contributed by atoms with Crippen molar-refractivity contribution in [1.29, 1.82) is 0 Å². The van der Waals surface area contributed by atoms with Gasteiger partial charge in [0.05, 0.1) is 22.5 Å². The van der Waals surface area contributed by atoms with Crippen LogP contribution in [0.2, 0.25) is 0 Å². The summed E-state index contributed by atoms with van der Waals surface area (Å²) in [7, 11) is 0. The lowest BCUT2D eigenvalue weighted by molar-refractivity contribution is 0.205. The largest absolute Gasteiger partial charge is 0.488 e. The molecule has 0 aliphatic carbocycles. The van der Waals surface area contributed by atoms with Gasteiger partial charge in [0.25, 0.3) is 11.1 Å². The van der Waals surface area contributed by atoms with E-state index in [0.29, 0.717) is 39.8 Å². The van der Waals surface area contributed by atoms with Crippen molar-refractivity contribution in [3.05, 3.63) is 56.6 Å². The maximum absolute atomic E-state index is 13.3. The van der Waals surface area contributed by atoms with E-state index in [0.717, 1.165) is 44.5 Å². The van der Waals surface area contributed by atoms with Crippen molar-refractivity contribution >= 4 is 21.9 Å². The van der Waals surface area contributed by atoms with Gasteiger partial charge in [-0.05, 0) is 75.9 Å². The molecule has 1 saturated heterocycles. The van der Waals surface area contributed by atoms with E-state index in [2.05, 4.69) is 28.0 Å². The van der Waals surface area contributed by atoms with E-state index in [1.54, 1.807) is 10.7 Å². The van der Waals surface area contributed by atoms with Gasteiger partial charge in [0.2, 0.25) is 0 Å². The summed E-state index contributed by atoms with van der Waals surface area (Å²) in [6.45, 7) is 5.69. The molecule has 0 radical (unpaired) electrons. The van der Waals surface area contributed by atoms with Crippen LogP contribution >= 0.6 is 0 Å². The summed E-state index contributed by atoms with van der Waals surface area (Å²) in [6.07, 6.45) is 6.41. The number of fused-ring (bicyclic) bond motifs is 3. The first-order chi connectivity index (χ1) is 17.1. The smallest absolute Gasteiger partial charge is 0.275 e. The average molecular weight is 474 g/mol. The van der Waals surface area contributed by atoms with Gasteiger partial charge in [0.1, 0.15) is 17.0 Å². The molecule has 0 amide bonds. The van der Waals surface area contributed by atoms with Crippen molar-refractivity contribution in [1.82, 2.24) is 24.6 Å². The van der Waals surface area contributed by atoms with E-state index in [-0.39, 0.29) is 22.9 Å². The predicted molar refractivity (Wildman–Crippen MR) is 137 cm³/mol. The molecule has 4 aromatic rings. The zero-order chi connectivity index (χ0) is 23.9. The molecule has 2 N–H and O–H groups in total. The third-order valence-electron chi connectivity index (χ3n) is 7.29. The number of benzene rings is 2. The number of piperidine rings is 1. The maximum atomic E-state index is 13.3. The number of H-pyrrole nitrogens is 2. The molecular weight excluding hydrogens is 442 g/mol. The normalized spacial score (nSPS) is 19.3. The monoisotopic (exact) mass is 473 g/mol. The fourth-order valence-electron chi connectivity index (χ4n) is 5.47. The van der Waals surface area contributed by atoms with E-state index >= 15 is 0 Å². The Morgan fingerprint density at radius 3 is 2.74 bits per heavy atom. The summed E-state index contributed by atoms with van der Waals surface area (Å²) in [5.41, 5.74) is 3.65. The van der Waals surface area contributed by atoms with Crippen LogP contribution < -0.4 is 15.9 Å². The molecule has 2 aliphatic rings. The van der Waals surface area contributed by atoms with Crippen molar-refractivity contribution < 1.29 is 4.74 Å². The molecule has 0 spiro atoms. The third-order valence-corrected chi connectivity index (χ3v) is 7.29. The number of aromatic amines is 2. The van der Waals surface area contributed by atoms with Crippen molar-refractivity contribution in [3.63, 3.8) is 0 Å². The number of likely N-dealkylation sites (tertiary alicyclic amines) is 1. The van der Waals surface area contributed by atoms with Gasteiger partial charge < -0.3 is 9.72 Å². The number of nitrogens with zero attached hydrogens (tertiary/aromatic N) is 3. The fourth-order valence-corrected chi connectivity index (χ4v) is 5.47. The molecule has 182 valence electrons. The minimum atomic E-state index is -0.278. The predicted octanol–water partition coefficient (Wildman–Crippen LogP) is 4.17. The SMILES string of the molecule is C[C@@H]1CCCCn2[nH]c3c(cccc3c2=O)-c2nc3c(cc(CN4CCCCC4)cc3[nH]c2=O)O1. The number of aryl methyl sites for hydroxylation is 1. The number of hydrogen-bond donors (Lipinski definition) is 2. The molecule has 4 heterocycles. The molecule has 4 bridgehead atoms. The van der Waals surface area contributed by atoms with Crippen LogP contribution in [-0.2, 0) is 13.1 Å². The molecule has 2 aliphatic heterocycles. The van der Waals surface area contributed by atoms with Crippen molar-refractivity contribution in [2.45, 2.75) is 64.6 Å². The highest BCUT2D eigenvalue weighted by Gasteiger charge is 2.20. The third kappa shape index (κ3) is 4.16. The van der Waals surface area contributed by atoms with E-state index in [1.165, 1.54) is 19.3 Å². The van der Waals surface area contributed by atoms with E-state index in [1.807, 2.05) is 18.2 Å². The number of para-hydroxylation sites is 1. The number of aromatic nitrogens is 4. The molecular formula is C27H31N5O3. The minimum Gasteiger partial charge on any atom is -0.488 e. The Morgan fingerprint density at radius 1 is 1.06 bits per heavy atom. The summed E-state index contributed by atoms with van der Waals surface area (Å²) < 4.78 is 8.08. The van der Waals surface area contributed by atoms with Gasteiger partial charge in [-0.15, -0.1) is 0 Å².